The monoisotopic (exact) mass is 223 g/mol. The quantitative estimate of drug-likeness (QED) is 0.706. The number of rotatable bonds is 3. The van der Waals surface area contributed by atoms with E-state index in [1.54, 1.807) is 25.1 Å². The molecule has 2 atom stereocenters. The molecule has 0 saturated carbocycles. The van der Waals surface area contributed by atoms with E-state index in [4.69, 9.17) is 9.52 Å². The Morgan fingerprint density at radius 3 is 2.81 bits per heavy atom. The van der Waals surface area contributed by atoms with E-state index >= 15 is 0 Å². The lowest BCUT2D eigenvalue weighted by Gasteiger charge is -2.15. The number of aliphatic hydroxyl groups excluding tert-OH is 3. The van der Waals surface area contributed by atoms with E-state index < -0.39 is 18.8 Å². The molecular formula is C11H13NO4. The van der Waals surface area contributed by atoms with Crippen molar-refractivity contribution in [1.82, 2.24) is 4.98 Å². The summed E-state index contributed by atoms with van der Waals surface area (Å²) < 4.78 is 5.31. The van der Waals surface area contributed by atoms with Crippen LogP contribution in [0.3, 0.4) is 0 Å². The fraction of sp³-hybridized carbons (Fsp3) is 0.364. The van der Waals surface area contributed by atoms with Crippen LogP contribution < -0.4 is 0 Å². The Morgan fingerprint density at radius 2 is 2.12 bits per heavy atom. The highest BCUT2D eigenvalue weighted by molar-refractivity contribution is 5.73. The van der Waals surface area contributed by atoms with Gasteiger partial charge < -0.3 is 19.7 Å². The molecule has 0 aliphatic heterocycles. The van der Waals surface area contributed by atoms with Gasteiger partial charge in [-0.25, -0.2) is 4.98 Å². The molecule has 86 valence electrons. The van der Waals surface area contributed by atoms with Gasteiger partial charge >= 0.3 is 0 Å². The molecule has 1 aromatic heterocycles. The second-order valence-corrected chi connectivity index (χ2v) is 3.65. The van der Waals surface area contributed by atoms with Crippen LogP contribution in [0, 0.1) is 6.92 Å². The van der Waals surface area contributed by atoms with Gasteiger partial charge in [0.15, 0.2) is 11.5 Å². The van der Waals surface area contributed by atoms with Gasteiger partial charge in [0.1, 0.15) is 17.7 Å². The van der Waals surface area contributed by atoms with Gasteiger partial charge in [0.2, 0.25) is 0 Å². The molecule has 2 rings (SSSR count). The van der Waals surface area contributed by atoms with Crippen LogP contribution in [0.1, 0.15) is 17.6 Å². The molecular weight excluding hydrogens is 210 g/mol. The summed E-state index contributed by atoms with van der Waals surface area (Å²) in [6.45, 7) is 1.24. The topological polar surface area (TPSA) is 86.7 Å². The Labute approximate surface area is 92.0 Å². The van der Waals surface area contributed by atoms with Crippen molar-refractivity contribution in [2.75, 3.05) is 6.61 Å². The number of aromatic nitrogens is 1. The van der Waals surface area contributed by atoms with Gasteiger partial charge in [-0.05, 0) is 17.7 Å². The van der Waals surface area contributed by atoms with E-state index in [0.717, 1.165) is 0 Å². The number of aryl methyl sites for hydroxylation is 1. The molecule has 0 saturated heterocycles. The Hall–Kier alpha value is -1.43. The lowest BCUT2D eigenvalue weighted by Crippen LogP contribution is -2.21. The molecule has 3 N–H and O–H groups in total. The summed E-state index contributed by atoms with van der Waals surface area (Å²) in [7, 11) is 0. The van der Waals surface area contributed by atoms with Crippen LogP contribution in [0.5, 0.6) is 0 Å². The minimum atomic E-state index is -1.19. The molecule has 1 aromatic carbocycles. The average Bonchev–Trinajstić information content (AvgIpc) is 2.65. The van der Waals surface area contributed by atoms with E-state index in [9.17, 15) is 10.2 Å². The van der Waals surface area contributed by atoms with Gasteiger partial charge in [-0.15, -0.1) is 0 Å². The number of hydrogen-bond donors (Lipinski definition) is 3. The van der Waals surface area contributed by atoms with Gasteiger partial charge in [0.05, 0.1) is 6.61 Å². The van der Waals surface area contributed by atoms with Crippen LogP contribution in [-0.4, -0.2) is 33.0 Å². The van der Waals surface area contributed by atoms with Crippen LogP contribution >= 0.6 is 0 Å². The van der Waals surface area contributed by atoms with Crippen LogP contribution in [0.2, 0.25) is 0 Å². The number of oxazole rings is 1. The maximum Gasteiger partial charge on any atom is 0.192 e. The summed E-state index contributed by atoms with van der Waals surface area (Å²) in [6, 6.07) is 4.96. The van der Waals surface area contributed by atoms with Crippen molar-refractivity contribution in [1.29, 1.82) is 0 Å². The van der Waals surface area contributed by atoms with E-state index in [1.807, 2.05) is 0 Å². The third-order valence-corrected chi connectivity index (χ3v) is 2.41. The van der Waals surface area contributed by atoms with E-state index in [1.165, 1.54) is 0 Å². The molecule has 0 aliphatic carbocycles. The Kier molecular flexibility index (Phi) is 2.91. The van der Waals surface area contributed by atoms with E-state index in [-0.39, 0.29) is 0 Å². The molecule has 0 radical (unpaired) electrons. The van der Waals surface area contributed by atoms with Crippen molar-refractivity contribution >= 4 is 11.1 Å². The predicted octanol–water partition coefficient (Wildman–Crippen LogP) is 0.523. The Balaban J connectivity index is 2.38. The van der Waals surface area contributed by atoms with Crippen LogP contribution in [0.4, 0.5) is 0 Å². The zero-order chi connectivity index (χ0) is 11.7. The molecule has 0 amide bonds. The summed E-state index contributed by atoms with van der Waals surface area (Å²) in [4.78, 5) is 4.12. The maximum atomic E-state index is 9.68. The normalized spacial score (nSPS) is 15.2. The number of hydrogen-bond acceptors (Lipinski definition) is 5. The predicted molar refractivity (Wildman–Crippen MR) is 56.8 cm³/mol. The molecule has 16 heavy (non-hydrogen) atoms. The first-order valence-corrected chi connectivity index (χ1v) is 4.96. The fourth-order valence-corrected chi connectivity index (χ4v) is 1.56. The molecule has 0 spiro atoms. The highest BCUT2D eigenvalue weighted by Gasteiger charge is 2.18. The third kappa shape index (κ3) is 1.92. The van der Waals surface area contributed by atoms with Crippen molar-refractivity contribution in [3.05, 3.63) is 29.7 Å². The van der Waals surface area contributed by atoms with Crippen molar-refractivity contribution < 1.29 is 19.7 Å². The Bertz CT molecular complexity index is 494. The molecule has 0 bridgehead atoms. The SMILES string of the molecule is Cc1nc2ccc(C(O)C(O)CO)cc2o1. The highest BCUT2D eigenvalue weighted by atomic mass is 16.4. The maximum absolute atomic E-state index is 9.68. The van der Waals surface area contributed by atoms with Gasteiger partial charge in [-0.3, -0.25) is 0 Å². The van der Waals surface area contributed by atoms with Crippen LogP contribution in [0.25, 0.3) is 11.1 Å². The average molecular weight is 223 g/mol. The summed E-state index contributed by atoms with van der Waals surface area (Å²) >= 11 is 0. The minimum absolute atomic E-state index is 0.491. The number of aliphatic hydroxyl groups is 3. The minimum Gasteiger partial charge on any atom is -0.441 e. The summed E-state index contributed by atoms with van der Waals surface area (Å²) in [6.07, 6.45) is -2.32. The number of benzene rings is 1. The molecule has 0 aliphatic rings. The largest absolute Gasteiger partial charge is 0.441 e. The molecule has 2 unspecified atom stereocenters. The van der Waals surface area contributed by atoms with Crippen LogP contribution in [-0.2, 0) is 0 Å². The lowest BCUT2D eigenvalue weighted by atomic mass is 10.0. The van der Waals surface area contributed by atoms with Gasteiger partial charge in [0, 0.05) is 6.92 Å². The van der Waals surface area contributed by atoms with E-state index in [2.05, 4.69) is 4.98 Å². The molecule has 5 nitrogen and oxygen atoms in total. The molecule has 5 heteroatoms. The van der Waals surface area contributed by atoms with Crippen molar-refractivity contribution in [3.63, 3.8) is 0 Å². The summed E-state index contributed by atoms with van der Waals surface area (Å²) in [5.41, 5.74) is 1.75. The summed E-state index contributed by atoms with van der Waals surface area (Å²) in [5, 5.41) is 27.7. The summed E-state index contributed by atoms with van der Waals surface area (Å²) in [5.74, 6) is 0.546. The first kappa shape index (κ1) is 11.1. The zero-order valence-electron chi connectivity index (χ0n) is 8.79. The molecule has 0 fully saturated rings. The Morgan fingerprint density at radius 1 is 1.38 bits per heavy atom. The first-order chi connectivity index (χ1) is 7.61. The molecule has 2 aromatic rings. The number of nitrogens with zero attached hydrogens (tertiary/aromatic N) is 1. The highest BCUT2D eigenvalue weighted by Crippen LogP contribution is 2.22. The van der Waals surface area contributed by atoms with Gasteiger partial charge in [-0.2, -0.15) is 0 Å². The van der Waals surface area contributed by atoms with Gasteiger partial charge in [0.25, 0.3) is 0 Å². The zero-order valence-corrected chi connectivity index (χ0v) is 8.79. The lowest BCUT2D eigenvalue weighted by molar-refractivity contribution is -0.0152. The van der Waals surface area contributed by atoms with Gasteiger partial charge in [-0.1, -0.05) is 6.07 Å². The fourth-order valence-electron chi connectivity index (χ4n) is 1.56. The molecule has 1 heterocycles. The second-order valence-electron chi connectivity index (χ2n) is 3.65. The smallest absolute Gasteiger partial charge is 0.192 e. The van der Waals surface area contributed by atoms with Crippen molar-refractivity contribution in [3.8, 4) is 0 Å². The third-order valence-electron chi connectivity index (χ3n) is 2.41. The number of fused-ring (bicyclic) bond motifs is 1. The van der Waals surface area contributed by atoms with E-state index in [0.29, 0.717) is 22.6 Å². The first-order valence-electron chi connectivity index (χ1n) is 4.96. The van der Waals surface area contributed by atoms with Crippen LogP contribution in [0.15, 0.2) is 22.6 Å². The second kappa shape index (κ2) is 4.21. The standard InChI is InChI=1S/C11H13NO4/c1-6-12-8-3-2-7(4-10(8)16-6)11(15)9(14)5-13/h2-4,9,11,13-15H,5H2,1H3. The van der Waals surface area contributed by atoms with Crippen molar-refractivity contribution in [2.45, 2.75) is 19.1 Å². The van der Waals surface area contributed by atoms with Crippen molar-refractivity contribution in [2.24, 2.45) is 0 Å².